The molecule has 2 N–H and O–H groups in total. The third kappa shape index (κ3) is 7.70. The smallest absolute Gasteiger partial charge is 0.348 e. The lowest BCUT2D eigenvalue weighted by atomic mass is 10.2. The summed E-state index contributed by atoms with van der Waals surface area (Å²) in [6.07, 6.45) is 5.94. The molecule has 190 valence electrons. The van der Waals surface area contributed by atoms with E-state index >= 15 is 0 Å². The van der Waals surface area contributed by atoms with Crippen molar-refractivity contribution in [2.75, 3.05) is 65.8 Å². The molecule has 1 atom stereocenters. The molecule has 1 aliphatic rings. The largest absolute Gasteiger partial charge is 0.457 e. The molecule has 1 fully saturated rings. The molecule has 0 bridgehead atoms. The number of carbonyl (C=O) groups is 1. The van der Waals surface area contributed by atoms with Gasteiger partial charge in [0, 0.05) is 32.7 Å². The van der Waals surface area contributed by atoms with Gasteiger partial charge in [-0.15, -0.1) is 17.8 Å². The van der Waals surface area contributed by atoms with Crippen molar-refractivity contribution in [2.45, 2.75) is 19.6 Å². The number of aliphatic hydroxyl groups is 1. The summed E-state index contributed by atoms with van der Waals surface area (Å²) >= 11 is 1.13. The number of thiophene rings is 1. The molecule has 2 aromatic heterocycles. The number of nitrogens with zero attached hydrogens (tertiary/aromatic N) is 3. The first-order valence-corrected chi connectivity index (χ1v) is 12.3. The predicted molar refractivity (Wildman–Crippen MR) is 134 cm³/mol. The lowest BCUT2D eigenvalue weighted by Gasteiger charge is -2.30. The van der Waals surface area contributed by atoms with Crippen LogP contribution in [0.2, 0.25) is 0 Å². The summed E-state index contributed by atoms with van der Waals surface area (Å²) in [5, 5.41) is 10.8. The van der Waals surface area contributed by atoms with Gasteiger partial charge in [0.05, 0.1) is 37.9 Å². The Morgan fingerprint density at radius 2 is 2.26 bits per heavy atom. The van der Waals surface area contributed by atoms with Crippen LogP contribution in [-0.2, 0) is 20.8 Å². The number of ether oxygens (including phenoxy) is 3. The van der Waals surface area contributed by atoms with Crippen LogP contribution in [0.4, 0.5) is 0 Å². The van der Waals surface area contributed by atoms with Crippen LogP contribution < -0.4 is 5.56 Å². The number of rotatable bonds is 13. The van der Waals surface area contributed by atoms with Crippen LogP contribution in [0, 0.1) is 19.3 Å². The Labute approximate surface area is 208 Å². The van der Waals surface area contributed by atoms with Crippen LogP contribution in [0.3, 0.4) is 0 Å². The van der Waals surface area contributed by atoms with Gasteiger partial charge in [0.2, 0.25) is 0 Å². The van der Waals surface area contributed by atoms with Gasteiger partial charge in [-0.2, -0.15) is 0 Å². The molecule has 3 heterocycles. The van der Waals surface area contributed by atoms with Crippen molar-refractivity contribution in [1.82, 2.24) is 19.8 Å². The summed E-state index contributed by atoms with van der Waals surface area (Å²) in [4.78, 5) is 37.8. The highest BCUT2D eigenvalue weighted by Crippen LogP contribution is 2.27. The van der Waals surface area contributed by atoms with E-state index in [1.165, 1.54) is 6.08 Å². The molecular weight excluding hydrogens is 472 g/mol. The van der Waals surface area contributed by atoms with E-state index in [1.54, 1.807) is 6.92 Å². The number of fused-ring (bicyclic) bond motifs is 1. The molecule has 0 spiro atoms. The van der Waals surface area contributed by atoms with E-state index in [1.807, 2.05) is 4.90 Å². The summed E-state index contributed by atoms with van der Waals surface area (Å²) in [7, 11) is 0. The second kappa shape index (κ2) is 13.5. The normalized spacial score (nSPS) is 15.3. The van der Waals surface area contributed by atoms with Gasteiger partial charge in [0.15, 0.2) is 0 Å². The average Bonchev–Trinajstić information content (AvgIpc) is 3.18. The molecule has 0 amide bonds. The molecular formula is C24H32N4O6S. The highest BCUT2D eigenvalue weighted by atomic mass is 32.1. The van der Waals surface area contributed by atoms with Crippen molar-refractivity contribution in [1.29, 1.82) is 0 Å². The van der Waals surface area contributed by atoms with Crippen LogP contribution in [0.1, 0.15) is 21.1 Å². The van der Waals surface area contributed by atoms with Crippen LogP contribution in [-0.4, -0.2) is 103 Å². The standard InChI is InChI=1S/C24H32N4O6S/c1-4-10-33-16-18(29)14-28(7-6-27-8-12-32-13-9-27)15-19-25-22(30)20-17(3)21(35-23(20)26-19)24(31)34-11-5-2/h1,5,18,29H,2,6-16H2,3H3,(H,25,26,30). The van der Waals surface area contributed by atoms with Crippen LogP contribution >= 0.6 is 11.3 Å². The van der Waals surface area contributed by atoms with Gasteiger partial charge in [0.1, 0.15) is 28.7 Å². The summed E-state index contributed by atoms with van der Waals surface area (Å²) in [6, 6.07) is 0. The molecule has 11 heteroatoms. The second-order valence-electron chi connectivity index (χ2n) is 8.20. The number of nitrogens with one attached hydrogen (secondary N) is 1. The first-order chi connectivity index (χ1) is 16.9. The van der Waals surface area contributed by atoms with E-state index in [9.17, 15) is 14.7 Å². The number of morpholine rings is 1. The highest BCUT2D eigenvalue weighted by molar-refractivity contribution is 7.20. The minimum absolute atomic E-state index is 0.0903. The van der Waals surface area contributed by atoms with E-state index in [4.69, 9.17) is 20.6 Å². The van der Waals surface area contributed by atoms with E-state index < -0.39 is 12.1 Å². The number of aromatic nitrogens is 2. The Morgan fingerprint density at radius 1 is 1.49 bits per heavy atom. The zero-order valence-electron chi connectivity index (χ0n) is 20.0. The molecule has 1 aliphatic heterocycles. The maximum Gasteiger partial charge on any atom is 0.348 e. The Bertz CT molecular complexity index is 1100. The molecule has 3 rings (SSSR count). The number of carbonyl (C=O) groups excluding carboxylic acids is 1. The molecule has 0 radical (unpaired) electrons. The fourth-order valence-corrected chi connectivity index (χ4v) is 4.91. The molecule has 10 nitrogen and oxygen atoms in total. The van der Waals surface area contributed by atoms with Crippen molar-refractivity contribution < 1.29 is 24.1 Å². The van der Waals surface area contributed by atoms with Crippen molar-refractivity contribution in [3.63, 3.8) is 0 Å². The Kier molecular flexibility index (Phi) is 10.4. The zero-order chi connectivity index (χ0) is 25.2. The highest BCUT2D eigenvalue weighted by Gasteiger charge is 2.22. The number of hydrogen-bond acceptors (Lipinski definition) is 10. The van der Waals surface area contributed by atoms with Gasteiger partial charge >= 0.3 is 5.97 Å². The number of esters is 1. The monoisotopic (exact) mass is 504 g/mol. The van der Waals surface area contributed by atoms with E-state index in [-0.39, 0.29) is 25.4 Å². The van der Waals surface area contributed by atoms with E-state index in [2.05, 4.69) is 27.4 Å². The number of aliphatic hydroxyl groups excluding tert-OH is 1. The van der Waals surface area contributed by atoms with Gasteiger partial charge in [-0.3, -0.25) is 14.6 Å². The summed E-state index contributed by atoms with van der Waals surface area (Å²) in [6.45, 7) is 10.7. The fraction of sp³-hybridized carbons (Fsp3) is 0.542. The van der Waals surface area contributed by atoms with Gasteiger partial charge in [-0.25, -0.2) is 9.78 Å². The Morgan fingerprint density at radius 3 is 2.97 bits per heavy atom. The van der Waals surface area contributed by atoms with Crippen molar-refractivity contribution in [2.24, 2.45) is 0 Å². The van der Waals surface area contributed by atoms with Crippen LogP contribution in [0.5, 0.6) is 0 Å². The average molecular weight is 505 g/mol. The summed E-state index contributed by atoms with van der Waals surface area (Å²) in [5.41, 5.74) is 0.233. The van der Waals surface area contributed by atoms with Gasteiger partial charge in [-0.1, -0.05) is 18.6 Å². The molecule has 1 unspecified atom stereocenters. The minimum Gasteiger partial charge on any atom is -0.457 e. The van der Waals surface area contributed by atoms with E-state index in [0.29, 0.717) is 59.3 Å². The van der Waals surface area contributed by atoms with Crippen molar-refractivity contribution in [3.8, 4) is 12.3 Å². The lowest BCUT2D eigenvalue weighted by molar-refractivity contribution is 0.0132. The van der Waals surface area contributed by atoms with E-state index in [0.717, 1.165) is 31.0 Å². The molecule has 2 aromatic rings. The zero-order valence-corrected chi connectivity index (χ0v) is 20.8. The fourth-order valence-electron chi connectivity index (χ4n) is 3.82. The minimum atomic E-state index is -0.751. The number of H-pyrrole nitrogens is 1. The van der Waals surface area contributed by atoms with Crippen LogP contribution in [0.25, 0.3) is 10.2 Å². The van der Waals surface area contributed by atoms with Crippen molar-refractivity contribution in [3.05, 3.63) is 39.3 Å². The third-order valence-corrected chi connectivity index (χ3v) is 6.71. The second-order valence-corrected chi connectivity index (χ2v) is 9.20. The van der Waals surface area contributed by atoms with Gasteiger partial charge in [-0.05, 0) is 12.5 Å². The third-order valence-electron chi connectivity index (χ3n) is 5.54. The molecule has 35 heavy (non-hydrogen) atoms. The number of hydrogen-bond donors (Lipinski definition) is 2. The Balaban J connectivity index is 1.77. The lowest BCUT2D eigenvalue weighted by Crippen LogP contribution is -2.43. The quantitative estimate of drug-likeness (QED) is 0.177. The summed E-state index contributed by atoms with van der Waals surface area (Å²) in [5.74, 6) is 2.33. The Hall–Kier alpha value is -2.59. The topological polar surface area (TPSA) is 117 Å². The molecule has 0 aliphatic carbocycles. The van der Waals surface area contributed by atoms with Gasteiger partial charge in [0.25, 0.3) is 5.56 Å². The number of terminal acetylenes is 1. The SMILES string of the molecule is C#CCOCC(O)CN(CCN1CCOCC1)Cc1nc2sc(C(=O)OCC=C)c(C)c2c(=O)[nH]1. The maximum absolute atomic E-state index is 12.9. The molecule has 1 saturated heterocycles. The predicted octanol–water partition coefficient (Wildman–Crippen LogP) is 0.781. The summed E-state index contributed by atoms with van der Waals surface area (Å²) < 4.78 is 15.8. The number of aryl methyl sites for hydroxylation is 1. The first-order valence-electron chi connectivity index (χ1n) is 11.4. The van der Waals surface area contributed by atoms with Crippen LogP contribution in [0.15, 0.2) is 17.4 Å². The van der Waals surface area contributed by atoms with Gasteiger partial charge < -0.3 is 24.3 Å². The molecule has 0 saturated carbocycles. The molecule has 0 aromatic carbocycles. The maximum atomic E-state index is 12.9. The first kappa shape index (κ1) is 27.0. The van der Waals surface area contributed by atoms with Crippen molar-refractivity contribution >= 4 is 27.5 Å². The number of aromatic amines is 1.